The molecule has 2 nitrogen and oxygen atoms in total. The Bertz CT molecular complexity index is 175. The lowest BCUT2D eigenvalue weighted by Crippen LogP contribution is -2.21. The average molecular weight is 198 g/mol. The van der Waals surface area contributed by atoms with Crippen LogP contribution in [0.15, 0.2) is 11.6 Å². The lowest BCUT2D eigenvalue weighted by Gasteiger charge is -2.21. The Hall–Kier alpha value is -0.340. The molecule has 1 aliphatic heterocycles. The van der Waals surface area contributed by atoms with E-state index in [9.17, 15) is 0 Å². The van der Waals surface area contributed by atoms with Crippen LogP contribution in [0.25, 0.3) is 0 Å². The van der Waals surface area contributed by atoms with E-state index in [0.717, 1.165) is 26.4 Å². The van der Waals surface area contributed by atoms with E-state index < -0.39 is 0 Å². The van der Waals surface area contributed by atoms with Crippen LogP contribution in [0.4, 0.5) is 0 Å². The van der Waals surface area contributed by atoms with Crippen molar-refractivity contribution in [2.75, 3.05) is 26.4 Å². The van der Waals surface area contributed by atoms with Crippen molar-refractivity contribution in [1.82, 2.24) is 0 Å². The third-order valence-electron chi connectivity index (χ3n) is 2.70. The molecule has 0 saturated carbocycles. The Balaban J connectivity index is 2.05. The van der Waals surface area contributed by atoms with Gasteiger partial charge in [-0.1, -0.05) is 31.4 Å². The van der Waals surface area contributed by atoms with E-state index in [2.05, 4.69) is 19.9 Å². The van der Waals surface area contributed by atoms with Gasteiger partial charge < -0.3 is 9.47 Å². The first-order chi connectivity index (χ1) is 6.84. The van der Waals surface area contributed by atoms with Gasteiger partial charge in [0.1, 0.15) is 0 Å². The molecule has 0 N–H and O–H groups in total. The number of unbranched alkanes of at least 4 members (excludes halogenated alkanes) is 2. The van der Waals surface area contributed by atoms with Gasteiger partial charge >= 0.3 is 0 Å². The van der Waals surface area contributed by atoms with Gasteiger partial charge in [0.25, 0.3) is 0 Å². The van der Waals surface area contributed by atoms with Crippen molar-refractivity contribution in [3.8, 4) is 0 Å². The minimum atomic E-state index is 0.491. The predicted molar refractivity (Wildman–Crippen MR) is 58.4 cm³/mol. The summed E-state index contributed by atoms with van der Waals surface area (Å²) >= 11 is 0. The van der Waals surface area contributed by atoms with Gasteiger partial charge in [0.2, 0.25) is 0 Å². The fourth-order valence-electron chi connectivity index (χ4n) is 1.56. The molecule has 2 heteroatoms. The third kappa shape index (κ3) is 4.25. The van der Waals surface area contributed by atoms with E-state index in [1.54, 1.807) is 0 Å². The number of hydrogen-bond acceptors (Lipinski definition) is 2. The quantitative estimate of drug-likeness (QED) is 0.482. The molecule has 1 atom stereocenters. The molecule has 1 rings (SSSR count). The highest BCUT2D eigenvalue weighted by atomic mass is 16.5. The molecule has 0 aliphatic carbocycles. The van der Waals surface area contributed by atoms with Gasteiger partial charge in [0, 0.05) is 12.5 Å². The Kier molecular flexibility index (Phi) is 5.88. The second kappa shape index (κ2) is 7.02. The fourth-order valence-corrected chi connectivity index (χ4v) is 1.56. The summed E-state index contributed by atoms with van der Waals surface area (Å²) in [7, 11) is 0. The summed E-state index contributed by atoms with van der Waals surface area (Å²) in [4.78, 5) is 0. The van der Waals surface area contributed by atoms with Crippen molar-refractivity contribution >= 4 is 0 Å². The van der Waals surface area contributed by atoms with Crippen molar-refractivity contribution in [2.45, 2.75) is 33.1 Å². The molecule has 0 aromatic carbocycles. The molecular formula is C12H22O2. The van der Waals surface area contributed by atoms with E-state index in [1.165, 1.54) is 24.8 Å². The summed E-state index contributed by atoms with van der Waals surface area (Å²) in [5.74, 6) is 0.491. The molecule has 1 aliphatic rings. The van der Waals surface area contributed by atoms with Crippen LogP contribution in [0.5, 0.6) is 0 Å². The molecule has 0 bridgehead atoms. The Morgan fingerprint density at radius 1 is 1.50 bits per heavy atom. The molecule has 82 valence electrons. The van der Waals surface area contributed by atoms with Crippen LogP contribution in [0.2, 0.25) is 0 Å². The topological polar surface area (TPSA) is 18.5 Å². The Morgan fingerprint density at radius 2 is 2.36 bits per heavy atom. The molecule has 1 heterocycles. The Morgan fingerprint density at radius 3 is 3.07 bits per heavy atom. The molecule has 0 aromatic heterocycles. The molecule has 14 heavy (non-hydrogen) atoms. The minimum Gasteiger partial charge on any atom is -0.381 e. The normalized spacial score (nSPS) is 22.1. The van der Waals surface area contributed by atoms with Crippen LogP contribution in [-0.2, 0) is 9.47 Å². The zero-order chi connectivity index (χ0) is 10.2. The van der Waals surface area contributed by atoms with Crippen LogP contribution in [-0.4, -0.2) is 26.4 Å². The van der Waals surface area contributed by atoms with E-state index in [4.69, 9.17) is 9.47 Å². The highest BCUT2D eigenvalue weighted by Gasteiger charge is 2.14. The Labute approximate surface area is 87.3 Å². The van der Waals surface area contributed by atoms with Gasteiger partial charge in [0.05, 0.1) is 19.8 Å². The first-order valence-electron chi connectivity index (χ1n) is 5.66. The highest BCUT2D eigenvalue weighted by molar-refractivity contribution is 5.06. The lowest BCUT2D eigenvalue weighted by molar-refractivity contribution is 0.0507. The monoisotopic (exact) mass is 198 g/mol. The summed E-state index contributed by atoms with van der Waals surface area (Å²) in [6.45, 7) is 7.71. The first-order valence-corrected chi connectivity index (χ1v) is 5.66. The van der Waals surface area contributed by atoms with Crippen molar-refractivity contribution in [3.05, 3.63) is 11.6 Å². The molecule has 0 amide bonds. The van der Waals surface area contributed by atoms with Gasteiger partial charge in [-0.05, 0) is 13.3 Å². The maximum absolute atomic E-state index is 5.62. The predicted octanol–water partition coefficient (Wildman–Crippen LogP) is 2.79. The standard InChI is InChI=1S/C12H22O2/c1-3-4-5-7-13-9-12-10-14-8-6-11(12)2/h6,12H,3-5,7-10H2,1-2H3. The molecular weight excluding hydrogens is 176 g/mol. The van der Waals surface area contributed by atoms with Crippen LogP contribution in [0.1, 0.15) is 33.1 Å². The average Bonchev–Trinajstić information content (AvgIpc) is 2.20. The van der Waals surface area contributed by atoms with Crippen LogP contribution in [0.3, 0.4) is 0 Å². The van der Waals surface area contributed by atoms with Crippen molar-refractivity contribution in [3.63, 3.8) is 0 Å². The fraction of sp³-hybridized carbons (Fsp3) is 0.833. The maximum Gasteiger partial charge on any atom is 0.0650 e. The van der Waals surface area contributed by atoms with E-state index in [-0.39, 0.29) is 0 Å². The molecule has 0 saturated heterocycles. The number of ether oxygens (including phenoxy) is 2. The number of hydrogen-bond donors (Lipinski definition) is 0. The van der Waals surface area contributed by atoms with Gasteiger partial charge in [-0.25, -0.2) is 0 Å². The number of rotatable bonds is 6. The summed E-state index contributed by atoms with van der Waals surface area (Å²) in [5.41, 5.74) is 1.42. The molecule has 0 spiro atoms. The smallest absolute Gasteiger partial charge is 0.0650 e. The highest BCUT2D eigenvalue weighted by Crippen LogP contribution is 2.15. The van der Waals surface area contributed by atoms with E-state index >= 15 is 0 Å². The minimum absolute atomic E-state index is 0.491. The van der Waals surface area contributed by atoms with Crippen molar-refractivity contribution in [1.29, 1.82) is 0 Å². The summed E-state index contributed by atoms with van der Waals surface area (Å²) < 4.78 is 11.0. The van der Waals surface area contributed by atoms with Gasteiger partial charge in [-0.15, -0.1) is 0 Å². The van der Waals surface area contributed by atoms with Gasteiger partial charge in [0.15, 0.2) is 0 Å². The third-order valence-corrected chi connectivity index (χ3v) is 2.70. The molecule has 0 aromatic rings. The maximum atomic E-state index is 5.62. The van der Waals surface area contributed by atoms with Gasteiger partial charge in [-0.2, -0.15) is 0 Å². The van der Waals surface area contributed by atoms with E-state index in [0.29, 0.717) is 5.92 Å². The zero-order valence-electron chi connectivity index (χ0n) is 9.42. The zero-order valence-corrected chi connectivity index (χ0v) is 9.42. The second-order valence-corrected chi connectivity index (χ2v) is 3.96. The van der Waals surface area contributed by atoms with E-state index in [1.807, 2.05) is 0 Å². The summed E-state index contributed by atoms with van der Waals surface area (Å²) in [6.07, 6.45) is 5.88. The van der Waals surface area contributed by atoms with Crippen molar-refractivity contribution < 1.29 is 9.47 Å². The summed E-state index contributed by atoms with van der Waals surface area (Å²) in [6, 6.07) is 0. The largest absolute Gasteiger partial charge is 0.381 e. The van der Waals surface area contributed by atoms with Crippen LogP contribution >= 0.6 is 0 Å². The van der Waals surface area contributed by atoms with Gasteiger partial charge in [-0.3, -0.25) is 0 Å². The molecule has 0 fully saturated rings. The van der Waals surface area contributed by atoms with Crippen LogP contribution in [0, 0.1) is 5.92 Å². The molecule has 1 unspecified atom stereocenters. The lowest BCUT2D eigenvalue weighted by atomic mass is 10.0. The molecule has 0 radical (unpaired) electrons. The van der Waals surface area contributed by atoms with Crippen LogP contribution < -0.4 is 0 Å². The first kappa shape index (κ1) is 11.7. The summed E-state index contributed by atoms with van der Waals surface area (Å²) in [5, 5.41) is 0. The second-order valence-electron chi connectivity index (χ2n) is 3.96. The van der Waals surface area contributed by atoms with Crippen molar-refractivity contribution in [2.24, 2.45) is 5.92 Å². The SMILES string of the molecule is CCCCCOCC1COCC=C1C.